The molecule has 4 rings (SSSR count). The fourth-order valence-electron chi connectivity index (χ4n) is 3.83. The molecule has 0 bridgehead atoms. The summed E-state index contributed by atoms with van der Waals surface area (Å²) in [5.74, 6) is -0.856. The van der Waals surface area contributed by atoms with Crippen LogP contribution in [0, 0.1) is 5.92 Å². The van der Waals surface area contributed by atoms with Crippen LogP contribution < -0.4 is 5.32 Å². The Balaban J connectivity index is 1.34. The molecular weight excluding hydrogens is 448 g/mol. The van der Waals surface area contributed by atoms with Crippen LogP contribution >= 0.6 is 23.8 Å². The lowest BCUT2D eigenvalue weighted by molar-refractivity contribution is -0.129. The second-order valence-electron chi connectivity index (χ2n) is 7.87. The minimum Gasteiger partial charge on any atom is -0.379 e. The third-order valence-electron chi connectivity index (χ3n) is 5.63. The summed E-state index contributed by atoms with van der Waals surface area (Å²) < 4.78 is 5.34. The van der Waals surface area contributed by atoms with E-state index in [9.17, 15) is 9.59 Å². The predicted molar refractivity (Wildman–Crippen MR) is 128 cm³/mol. The topological polar surface area (TPSA) is 74.2 Å². The Kier molecular flexibility index (Phi) is 7.47. The van der Waals surface area contributed by atoms with Crippen LogP contribution in [0.5, 0.6) is 0 Å². The first kappa shape index (κ1) is 22.8. The summed E-state index contributed by atoms with van der Waals surface area (Å²) in [7, 11) is 0. The van der Waals surface area contributed by atoms with E-state index in [0.717, 1.165) is 44.8 Å². The van der Waals surface area contributed by atoms with Crippen LogP contribution in [-0.4, -0.2) is 71.8 Å². The van der Waals surface area contributed by atoms with Crippen LogP contribution in [0.15, 0.2) is 53.1 Å². The van der Waals surface area contributed by atoms with Gasteiger partial charge in [0.25, 0.3) is 5.91 Å². The molecule has 168 valence electrons. The van der Waals surface area contributed by atoms with Crippen molar-refractivity contribution in [3.05, 3.63) is 58.7 Å². The fraction of sp³-hybridized carbons (Fsp3) is 0.391. The van der Waals surface area contributed by atoms with Crippen molar-refractivity contribution in [2.75, 3.05) is 39.4 Å². The molecule has 3 aliphatic rings. The van der Waals surface area contributed by atoms with E-state index in [1.807, 2.05) is 12.1 Å². The summed E-state index contributed by atoms with van der Waals surface area (Å²) in [4.78, 5) is 33.8. The van der Waals surface area contributed by atoms with E-state index in [1.165, 1.54) is 4.90 Å². The summed E-state index contributed by atoms with van der Waals surface area (Å²) in [6, 6.07) is 7.27. The van der Waals surface area contributed by atoms with Gasteiger partial charge in [0.1, 0.15) is 0 Å². The molecule has 0 spiro atoms. The number of aliphatic imine (C=N–C) groups is 1. The number of halogens is 1. The highest BCUT2D eigenvalue weighted by Gasteiger charge is 2.35. The van der Waals surface area contributed by atoms with Gasteiger partial charge >= 0.3 is 0 Å². The Morgan fingerprint density at radius 1 is 1.25 bits per heavy atom. The summed E-state index contributed by atoms with van der Waals surface area (Å²) >= 11 is 11.3. The number of carbonyl (C=O) groups is 2. The number of morpholine rings is 1. The standard InChI is InChI=1S/C23H25ClN4O3S/c24-18-5-2-16(3-6-18)15-28-22(30)19-7-4-17(14-20(19)26-23(28)32)21(29)25-8-1-9-27-10-12-31-13-11-27/h2-7,14,19H,1,8-13,15H2,(H,25,29). The maximum Gasteiger partial charge on any atom is 0.251 e. The van der Waals surface area contributed by atoms with Gasteiger partial charge in [-0.25, -0.2) is 4.99 Å². The van der Waals surface area contributed by atoms with Crippen molar-refractivity contribution in [1.82, 2.24) is 15.1 Å². The van der Waals surface area contributed by atoms with Gasteiger partial charge in [-0.2, -0.15) is 0 Å². The molecule has 1 unspecified atom stereocenters. The molecule has 7 nitrogen and oxygen atoms in total. The van der Waals surface area contributed by atoms with Crippen molar-refractivity contribution in [2.24, 2.45) is 10.9 Å². The second-order valence-corrected chi connectivity index (χ2v) is 8.67. The molecule has 0 saturated carbocycles. The maximum absolute atomic E-state index is 13.0. The highest BCUT2D eigenvalue weighted by molar-refractivity contribution is 7.80. The van der Waals surface area contributed by atoms with E-state index in [2.05, 4.69) is 15.2 Å². The Morgan fingerprint density at radius 3 is 2.75 bits per heavy atom. The second kappa shape index (κ2) is 10.5. The third kappa shape index (κ3) is 5.50. The quantitative estimate of drug-likeness (QED) is 0.487. The normalized spacial score (nSPS) is 21.2. The number of rotatable bonds is 7. The highest BCUT2D eigenvalue weighted by Crippen LogP contribution is 2.24. The molecule has 2 heterocycles. The molecule has 1 aliphatic carbocycles. The first-order valence-electron chi connectivity index (χ1n) is 10.7. The van der Waals surface area contributed by atoms with Gasteiger partial charge in [-0.3, -0.25) is 19.4 Å². The average molecular weight is 473 g/mol. The summed E-state index contributed by atoms with van der Waals surface area (Å²) in [6.45, 7) is 5.26. The number of hydrogen-bond donors (Lipinski definition) is 1. The SMILES string of the molecule is O=C(NCCCN1CCOCC1)C1=CC2=NC(=S)N(Cc3ccc(Cl)cc3)C(=O)C2C=C1. The lowest BCUT2D eigenvalue weighted by Gasteiger charge is -2.31. The minimum absolute atomic E-state index is 0.146. The molecule has 9 heteroatoms. The van der Waals surface area contributed by atoms with Gasteiger partial charge in [-0.1, -0.05) is 35.9 Å². The molecule has 1 fully saturated rings. The molecule has 1 N–H and O–H groups in total. The maximum atomic E-state index is 13.0. The predicted octanol–water partition coefficient (Wildman–Crippen LogP) is 2.36. The zero-order chi connectivity index (χ0) is 22.5. The van der Waals surface area contributed by atoms with Crippen molar-refractivity contribution in [1.29, 1.82) is 0 Å². The van der Waals surface area contributed by atoms with E-state index < -0.39 is 5.92 Å². The molecule has 1 aromatic rings. The summed E-state index contributed by atoms with van der Waals surface area (Å²) in [5.41, 5.74) is 1.90. The molecular formula is C23H25ClN4O3S. The smallest absolute Gasteiger partial charge is 0.251 e. The van der Waals surface area contributed by atoms with E-state index in [4.69, 9.17) is 28.6 Å². The van der Waals surface area contributed by atoms with Crippen molar-refractivity contribution >= 4 is 46.5 Å². The largest absolute Gasteiger partial charge is 0.379 e. The summed E-state index contributed by atoms with van der Waals surface area (Å²) in [6.07, 6.45) is 5.94. The van der Waals surface area contributed by atoms with Gasteiger partial charge in [0, 0.05) is 30.2 Å². The minimum atomic E-state index is -0.535. The van der Waals surface area contributed by atoms with Crippen LogP contribution in [0.1, 0.15) is 12.0 Å². The number of ether oxygens (including phenoxy) is 1. The number of fused-ring (bicyclic) bond motifs is 1. The first-order chi connectivity index (χ1) is 15.5. The number of benzene rings is 1. The van der Waals surface area contributed by atoms with Crippen LogP contribution in [-0.2, 0) is 20.9 Å². The van der Waals surface area contributed by atoms with Crippen LogP contribution in [0.2, 0.25) is 5.02 Å². The molecule has 0 radical (unpaired) electrons. The van der Waals surface area contributed by atoms with E-state index in [1.54, 1.807) is 30.4 Å². The van der Waals surface area contributed by atoms with Gasteiger partial charge in [-0.05, 0) is 49.0 Å². The molecule has 1 aromatic carbocycles. The van der Waals surface area contributed by atoms with Gasteiger partial charge < -0.3 is 10.1 Å². The van der Waals surface area contributed by atoms with Crippen molar-refractivity contribution < 1.29 is 14.3 Å². The van der Waals surface area contributed by atoms with Crippen molar-refractivity contribution in [3.63, 3.8) is 0 Å². The number of thiocarbonyl (C=S) groups is 1. The Labute approximate surface area is 197 Å². The first-order valence-corrected chi connectivity index (χ1v) is 11.5. The number of nitrogens with one attached hydrogen (secondary N) is 1. The number of amides is 2. The number of allylic oxidation sites excluding steroid dienone is 1. The Morgan fingerprint density at radius 2 is 2.00 bits per heavy atom. The fourth-order valence-corrected chi connectivity index (χ4v) is 4.22. The van der Waals surface area contributed by atoms with Gasteiger partial charge in [0.15, 0.2) is 0 Å². The van der Waals surface area contributed by atoms with Gasteiger partial charge in [0.05, 0.1) is 31.4 Å². The number of hydrogen-bond acceptors (Lipinski definition) is 5. The van der Waals surface area contributed by atoms with Crippen LogP contribution in [0.25, 0.3) is 0 Å². The van der Waals surface area contributed by atoms with Crippen molar-refractivity contribution in [3.8, 4) is 0 Å². The lowest BCUT2D eigenvalue weighted by Crippen LogP contribution is -2.46. The molecule has 32 heavy (non-hydrogen) atoms. The van der Waals surface area contributed by atoms with Crippen molar-refractivity contribution in [2.45, 2.75) is 13.0 Å². The van der Waals surface area contributed by atoms with Gasteiger partial charge in [-0.15, -0.1) is 0 Å². The van der Waals surface area contributed by atoms with E-state index >= 15 is 0 Å². The van der Waals surface area contributed by atoms with Crippen LogP contribution in [0.4, 0.5) is 0 Å². The average Bonchev–Trinajstić information content (AvgIpc) is 2.81. The monoisotopic (exact) mass is 472 g/mol. The molecule has 2 amide bonds. The van der Waals surface area contributed by atoms with Crippen LogP contribution in [0.3, 0.4) is 0 Å². The Hall–Kier alpha value is -2.39. The summed E-state index contributed by atoms with van der Waals surface area (Å²) in [5, 5.41) is 3.78. The highest BCUT2D eigenvalue weighted by atomic mass is 35.5. The molecule has 1 atom stereocenters. The number of carbonyl (C=O) groups excluding carboxylic acids is 2. The van der Waals surface area contributed by atoms with E-state index in [0.29, 0.717) is 29.4 Å². The molecule has 2 aliphatic heterocycles. The van der Waals surface area contributed by atoms with E-state index in [-0.39, 0.29) is 16.9 Å². The number of nitrogens with zero attached hydrogens (tertiary/aromatic N) is 3. The molecule has 1 saturated heterocycles. The zero-order valence-electron chi connectivity index (χ0n) is 17.6. The Bertz CT molecular complexity index is 983. The zero-order valence-corrected chi connectivity index (χ0v) is 19.2. The third-order valence-corrected chi connectivity index (χ3v) is 6.20. The van der Waals surface area contributed by atoms with Gasteiger partial charge in [0.2, 0.25) is 11.0 Å². The molecule has 0 aromatic heterocycles. The lowest BCUT2D eigenvalue weighted by atomic mass is 9.91.